The molecule has 2 heteroatoms. The highest BCUT2D eigenvalue weighted by atomic mass is 15.2. The van der Waals surface area contributed by atoms with E-state index in [2.05, 4.69) is 42.2 Å². The first kappa shape index (κ1) is 13.9. The zero-order valence-electron chi connectivity index (χ0n) is 12.7. The minimum absolute atomic E-state index is 0.653. The quantitative estimate of drug-likeness (QED) is 0.800. The lowest BCUT2D eigenvalue weighted by Crippen LogP contribution is -2.36. The van der Waals surface area contributed by atoms with Crippen molar-refractivity contribution >= 4 is 16.5 Å². The molecule has 2 nitrogen and oxygen atoms in total. The molecule has 0 heterocycles. The number of rotatable bonds is 3. The Morgan fingerprint density at radius 1 is 1.05 bits per heavy atom. The topological polar surface area (TPSA) is 27.0 Å². The van der Waals surface area contributed by atoms with Crippen molar-refractivity contribution in [2.75, 3.05) is 11.4 Å². The third-order valence-electron chi connectivity index (χ3n) is 4.69. The van der Waals surface area contributed by atoms with Gasteiger partial charge in [-0.25, -0.2) is 0 Å². The maximum atomic E-state index is 9.31. The standard InChI is InChI=1S/C19H22N2/c1-2-21(16-8-4-3-5-9-16)19-13-12-15(14-20)17-10-6-7-11-18(17)19/h6-7,10-13,16H,2-5,8-9H2,1H3. The maximum Gasteiger partial charge on any atom is 0.0998 e. The van der Waals surface area contributed by atoms with E-state index in [0.717, 1.165) is 17.5 Å². The summed E-state index contributed by atoms with van der Waals surface area (Å²) in [6.07, 6.45) is 6.65. The molecule has 0 amide bonds. The number of hydrogen-bond acceptors (Lipinski definition) is 2. The van der Waals surface area contributed by atoms with E-state index in [4.69, 9.17) is 0 Å². The lowest BCUT2D eigenvalue weighted by atomic mass is 9.93. The first-order valence-corrected chi connectivity index (χ1v) is 8.03. The molecule has 0 N–H and O–H groups in total. The third-order valence-corrected chi connectivity index (χ3v) is 4.69. The molecule has 0 unspecified atom stereocenters. The molecule has 1 fully saturated rings. The molecule has 0 aliphatic heterocycles. The Bertz CT molecular complexity index is 663. The van der Waals surface area contributed by atoms with Crippen LogP contribution in [0.1, 0.15) is 44.6 Å². The van der Waals surface area contributed by atoms with Gasteiger partial charge >= 0.3 is 0 Å². The van der Waals surface area contributed by atoms with Crippen molar-refractivity contribution in [2.24, 2.45) is 0 Å². The van der Waals surface area contributed by atoms with Gasteiger partial charge in [-0.15, -0.1) is 0 Å². The fourth-order valence-electron chi connectivity index (χ4n) is 3.65. The van der Waals surface area contributed by atoms with E-state index in [1.807, 2.05) is 12.1 Å². The maximum absolute atomic E-state index is 9.31. The Morgan fingerprint density at radius 2 is 1.76 bits per heavy atom. The minimum Gasteiger partial charge on any atom is -0.368 e. The summed E-state index contributed by atoms with van der Waals surface area (Å²) in [6.45, 7) is 3.27. The van der Waals surface area contributed by atoms with Crippen LogP contribution in [-0.2, 0) is 0 Å². The third kappa shape index (κ3) is 2.61. The average molecular weight is 278 g/mol. The highest BCUT2D eigenvalue weighted by molar-refractivity contribution is 5.97. The van der Waals surface area contributed by atoms with Crippen molar-refractivity contribution < 1.29 is 0 Å². The van der Waals surface area contributed by atoms with Gasteiger partial charge in [0.05, 0.1) is 11.6 Å². The van der Waals surface area contributed by atoms with Crippen LogP contribution in [0.4, 0.5) is 5.69 Å². The van der Waals surface area contributed by atoms with Gasteiger partial charge in [-0.3, -0.25) is 0 Å². The molecule has 0 saturated heterocycles. The zero-order valence-corrected chi connectivity index (χ0v) is 12.7. The van der Waals surface area contributed by atoms with Crippen molar-refractivity contribution in [3.8, 4) is 6.07 Å². The Hall–Kier alpha value is -2.01. The fourth-order valence-corrected chi connectivity index (χ4v) is 3.65. The van der Waals surface area contributed by atoms with E-state index in [0.29, 0.717) is 6.04 Å². The number of anilines is 1. The number of nitrogens with zero attached hydrogens (tertiary/aromatic N) is 2. The second kappa shape index (κ2) is 6.18. The Balaban J connectivity index is 2.08. The summed E-state index contributed by atoms with van der Waals surface area (Å²) in [5.41, 5.74) is 2.06. The van der Waals surface area contributed by atoms with E-state index in [1.54, 1.807) is 0 Å². The normalized spacial score (nSPS) is 15.8. The number of nitriles is 1. The summed E-state index contributed by atoms with van der Waals surface area (Å²) in [5.74, 6) is 0. The van der Waals surface area contributed by atoms with Gasteiger partial charge in [0.15, 0.2) is 0 Å². The average Bonchev–Trinajstić information content (AvgIpc) is 2.56. The summed E-state index contributed by atoms with van der Waals surface area (Å²) >= 11 is 0. The minimum atomic E-state index is 0.653. The van der Waals surface area contributed by atoms with E-state index in [-0.39, 0.29) is 0 Å². The van der Waals surface area contributed by atoms with Gasteiger partial charge in [0.25, 0.3) is 0 Å². The highest BCUT2D eigenvalue weighted by Crippen LogP contribution is 2.33. The summed E-state index contributed by atoms with van der Waals surface area (Å²) < 4.78 is 0. The van der Waals surface area contributed by atoms with Crippen LogP contribution in [0.3, 0.4) is 0 Å². The lowest BCUT2D eigenvalue weighted by molar-refractivity contribution is 0.418. The molecule has 0 radical (unpaired) electrons. The Morgan fingerprint density at radius 3 is 2.43 bits per heavy atom. The van der Waals surface area contributed by atoms with Crippen molar-refractivity contribution in [3.05, 3.63) is 42.0 Å². The zero-order chi connectivity index (χ0) is 14.7. The summed E-state index contributed by atoms with van der Waals surface area (Å²) in [7, 11) is 0. The molecule has 0 atom stereocenters. The Labute approximate surface area is 127 Å². The van der Waals surface area contributed by atoms with E-state index in [9.17, 15) is 5.26 Å². The molecule has 108 valence electrons. The first-order chi connectivity index (χ1) is 10.3. The number of benzene rings is 2. The van der Waals surface area contributed by atoms with Crippen LogP contribution in [0, 0.1) is 11.3 Å². The van der Waals surface area contributed by atoms with Gasteiger partial charge in [0.2, 0.25) is 0 Å². The molecule has 2 aromatic rings. The van der Waals surface area contributed by atoms with Crippen LogP contribution >= 0.6 is 0 Å². The van der Waals surface area contributed by atoms with E-state index < -0.39 is 0 Å². The molecule has 21 heavy (non-hydrogen) atoms. The van der Waals surface area contributed by atoms with Crippen LogP contribution in [0.25, 0.3) is 10.8 Å². The molecule has 1 saturated carbocycles. The molecule has 1 aliphatic carbocycles. The van der Waals surface area contributed by atoms with Crippen LogP contribution in [-0.4, -0.2) is 12.6 Å². The van der Waals surface area contributed by atoms with Crippen molar-refractivity contribution in [1.29, 1.82) is 5.26 Å². The van der Waals surface area contributed by atoms with Crippen LogP contribution in [0.2, 0.25) is 0 Å². The molecular formula is C19H22N2. The molecule has 0 spiro atoms. The smallest absolute Gasteiger partial charge is 0.0998 e. The van der Waals surface area contributed by atoms with Gasteiger partial charge in [-0.05, 0) is 31.9 Å². The predicted octanol–water partition coefficient (Wildman–Crippen LogP) is 4.87. The molecule has 0 bridgehead atoms. The summed E-state index contributed by atoms with van der Waals surface area (Å²) in [5, 5.41) is 11.6. The summed E-state index contributed by atoms with van der Waals surface area (Å²) in [4.78, 5) is 2.54. The Kier molecular flexibility index (Phi) is 4.10. The van der Waals surface area contributed by atoms with Crippen molar-refractivity contribution in [2.45, 2.75) is 45.1 Å². The van der Waals surface area contributed by atoms with Crippen LogP contribution in [0.5, 0.6) is 0 Å². The van der Waals surface area contributed by atoms with Gasteiger partial charge in [0.1, 0.15) is 0 Å². The molecular weight excluding hydrogens is 256 g/mol. The number of fused-ring (bicyclic) bond motifs is 1. The lowest BCUT2D eigenvalue weighted by Gasteiger charge is -2.36. The van der Waals surface area contributed by atoms with Gasteiger partial charge in [0, 0.05) is 29.0 Å². The van der Waals surface area contributed by atoms with E-state index in [1.165, 1.54) is 43.2 Å². The second-order valence-electron chi connectivity index (χ2n) is 5.87. The van der Waals surface area contributed by atoms with E-state index >= 15 is 0 Å². The molecule has 2 aromatic carbocycles. The number of hydrogen-bond donors (Lipinski definition) is 0. The largest absolute Gasteiger partial charge is 0.368 e. The van der Waals surface area contributed by atoms with Crippen molar-refractivity contribution in [3.63, 3.8) is 0 Å². The SMILES string of the molecule is CCN(c1ccc(C#N)c2ccccc12)C1CCCCC1. The highest BCUT2D eigenvalue weighted by Gasteiger charge is 2.21. The van der Waals surface area contributed by atoms with Crippen molar-refractivity contribution in [1.82, 2.24) is 0 Å². The van der Waals surface area contributed by atoms with Gasteiger partial charge in [-0.1, -0.05) is 43.5 Å². The van der Waals surface area contributed by atoms with Gasteiger partial charge < -0.3 is 4.90 Å². The van der Waals surface area contributed by atoms with Crippen LogP contribution in [0.15, 0.2) is 36.4 Å². The second-order valence-corrected chi connectivity index (χ2v) is 5.87. The predicted molar refractivity (Wildman–Crippen MR) is 88.6 cm³/mol. The van der Waals surface area contributed by atoms with Gasteiger partial charge in [-0.2, -0.15) is 5.26 Å². The monoisotopic (exact) mass is 278 g/mol. The van der Waals surface area contributed by atoms with Crippen LogP contribution < -0.4 is 4.90 Å². The fraction of sp³-hybridized carbons (Fsp3) is 0.421. The molecule has 0 aromatic heterocycles. The molecule has 1 aliphatic rings. The first-order valence-electron chi connectivity index (χ1n) is 8.03. The summed E-state index contributed by atoms with van der Waals surface area (Å²) in [6, 6.07) is 15.4. The molecule has 3 rings (SSSR count).